The molecule has 0 aliphatic carbocycles. The fraction of sp³-hybridized carbons (Fsp3) is 0.400. The first-order valence-corrected chi connectivity index (χ1v) is 12.7. The number of aliphatic hydroxyl groups excluding tert-OH is 1. The summed E-state index contributed by atoms with van der Waals surface area (Å²) in [6.07, 6.45) is 0. The van der Waals surface area contributed by atoms with Crippen LogP contribution in [0.4, 0.5) is 0 Å². The summed E-state index contributed by atoms with van der Waals surface area (Å²) in [6, 6.07) is 25.1. The molecule has 1 N–H and O–H groups in total. The summed E-state index contributed by atoms with van der Waals surface area (Å²) >= 11 is 3.48. The Kier molecular flexibility index (Phi) is 13.2. The minimum Gasteiger partial charge on any atom is -0.392 e. The van der Waals surface area contributed by atoms with E-state index in [4.69, 9.17) is 5.11 Å². The minimum atomic E-state index is 0.147. The lowest BCUT2D eigenvalue weighted by Crippen LogP contribution is -1.94. The molecule has 0 spiro atoms. The lowest BCUT2D eigenvalue weighted by molar-refractivity contribution is 0.280. The second-order valence-corrected chi connectivity index (χ2v) is 9.57. The van der Waals surface area contributed by atoms with Gasteiger partial charge in [0, 0.05) is 5.33 Å². The number of rotatable bonds is 5. The molecule has 174 valence electrons. The average Bonchev–Trinajstić information content (AvgIpc) is 2.79. The molecule has 0 radical (unpaired) electrons. The molecule has 0 heterocycles. The van der Waals surface area contributed by atoms with Crippen LogP contribution in [0.3, 0.4) is 0 Å². The van der Waals surface area contributed by atoms with Crippen molar-refractivity contribution in [3.8, 4) is 0 Å². The number of alkyl halides is 1. The first kappa shape index (κ1) is 28.1. The molecule has 3 aromatic rings. The Morgan fingerprint density at radius 3 is 1.28 bits per heavy atom. The van der Waals surface area contributed by atoms with Gasteiger partial charge in [0.15, 0.2) is 0 Å². The minimum absolute atomic E-state index is 0.147. The van der Waals surface area contributed by atoms with Crippen LogP contribution in [0.25, 0.3) is 0 Å². The molecule has 0 saturated carbocycles. The Morgan fingerprint density at radius 2 is 0.969 bits per heavy atom. The van der Waals surface area contributed by atoms with Crippen molar-refractivity contribution in [1.82, 2.24) is 0 Å². The second-order valence-electron chi connectivity index (χ2n) is 9.01. The molecule has 3 rings (SSSR count). The van der Waals surface area contributed by atoms with Gasteiger partial charge in [0.05, 0.1) is 6.61 Å². The molecule has 3 aromatic carbocycles. The standard InChI is InChI=1S/C10H13Br.C10H14O.C10H14/c2*1-8(2)10-6-4-3-5-9(10)7-11;1-8(2)10-7-5-4-6-9(10)3/h3-6,8H,7H2,1-2H3;3-6,8,11H,7H2,1-2H3;4-8H,1-3H3. The molecule has 2 heteroatoms. The molecule has 0 amide bonds. The van der Waals surface area contributed by atoms with Crippen molar-refractivity contribution in [2.24, 2.45) is 0 Å². The molecule has 0 atom stereocenters. The van der Waals surface area contributed by atoms with Crippen LogP contribution in [0, 0.1) is 6.92 Å². The maximum Gasteiger partial charge on any atom is 0.0684 e. The van der Waals surface area contributed by atoms with E-state index >= 15 is 0 Å². The molecule has 0 fully saturated rings. The third-order valence-electron chi connectivity index (χ3n) is 5.48. The Labute approximate surface area is 205 Å². The van der Waals surface area contributed by atoms with Crippen molar-refractivity contribution in [2.75, 3.05) is 0 Å². The summed E-state index contributed by atoms with van der Waals surface area (Å²) in [5, 5.41) is 9.93. The van der Waals surface area contributed by atoms with E-state index in [2.05, 4.69) is 119 Å². The summed E-state index contributed by atoms with van der Waals surface area (Å²) in [6.45, 7) is 15.5. The number of hydrogen-bond donors (Lipinski definition) is 1. The molecule has 0 aliphatic heterocycles. The second kappa shape index (κ2) is 15.0. The normalized spacial score (nSPS) is 10.5. The highest BCUT2D eigenvalue weighted by Gasteiger charge is 2.04. The molecule has 0 aromatic heterocycles. The number of aliphatic hydroxyl groups is 1. The van der Waals surface area contributed by atoms with Crippen LogP contribution < -0.4 is 0 Å². The maximum absolute atomic E-state index is 8.97. The van der Waals surface area contributed by atoms with Crippen molar-refractivity contribution >= 4 is 15.9 Å². The predicted octanol–water partition coefficient (Wildman–Crippen LogP) is 9.13. The number of benzene rings is 3. The van der Waals surface area contributed by atoms with Gasteiger partial charge < -0.3 is 5.11 Å². The van der Waals surface area contributed by atoms with Crippen molar-refractivity contribution in [1.29, 1.82) is 0 Å². The van der Waals surface area contributed by atoms with E-state index in [1.165, 1.54) is 27.8 Å². The highest BCUT2D eigenvalue weighted by molar-refractivity contribution is 9.08. The molecule has 32 heavy (non-hydrogen) atoms. The zero-order valence-corrected chi connectivity index (χ0v) is 22.5. The summed E-state index contributed by atoms with van der Waals surface area (Å²) in [7, 11) is 0. The van der Waals surface area contributed by atoms with Crippen LogP contribution in [0.5, 0.6) is 0 Å². The Bertz CT molecular complexity index is 860. The van der Waals surface area contributed by atoms with E-state index in [-0.39, 0.29) is 6.61 Å². The van der Waals surface area contributed by atoms with Gasteiger partial charge in [-0.25, -0.2) is 0 Å². The highest BCUT2D eigenvalue weighted by Crippen LogP contribution is 2.21. The summed E-state index contributed by atoms with van der Waals surface area (Å²) in [5.74, 6) is 1.78. The van der Waals surface area contributed by atoms with Crippen LogP contribution >= 0.6 is 15.9 Å². The number of hydrogen-bond acceptors (Lipinski definition) is 1. The average molecular weight is 498 g/mol. The Morgan fingerprint density at radius 1 is 0.594 bits per heavy atom. The predicted molar refractivity (Wildman–Crippen MR) is 145 cm³/mol. The van der Waals surface area contributed by atoms with Crippen molar-refractivity contribution in [3.63, 3.8) is 0 Å². The smallest absolute Gasteiger partial charge is 0.0684 e. The highest BCUT2D eigenvalue weighted by atomic mass is 79.9. The Hall–Kier alpha value is -1.90. The maximum atomic E-state index is 8.97. The summed E-state index contributed by atoms with van der Waals surface area (Å²) < 4.78 is 0. The van der Waals surface area contributed by atoms with Gasteiger partial charge in [-0.15, -0.1) is 0 Å². The number of halogens is 1. The molecule has 0 unspecified atom stereocenters. The molecule has 0 aliphatic rings. The SMILES string of the molecule is CC(C)c1ccccc1CBr.CC(C)c1ccccc1CO.Cc1ccccc1C(C)C. The third-order valence-corrected chi connectivity index (χ3v) is 6.08. The van der Waals surface area contributed by atoms with Gasteiger partial charge >= 0.3 is 0 Å². The molecule has 0 bridgehead atoms. The van der Waals surface area contributed by atoms with Gasteiger partial charge in [-0.3, -0.25) is 0 Å². The fourth-order valence-corrected chi connectivity index (χ4v) is 4.21. The van der Waals surface area contributed by atoms with Crippen LogP contribution in [-0.2, 0) is 11.9 Å². The van der Waals surface area contributed by atoms with Gasteiger partial charge in [-0.1, -0.05) is 130 Å². The van der Waals surface area contributed by atoms with Crippen molar-refractivity contribution in [2.45, 2.75) is 78.2 Å². The van der Waals surface area contributed by atoms with E-state index in [9.17, 15) is 0 Å². The molecular weight excluding hydrogens is 456 g/mol. The van der Waals surface area contributed by atoms with E-state index in [0.717, 1.165) is 10.9 Å². The summed E-state index contributed by atoms with van der Waals surface area (Å²) in [5.41, 5.74) is 8.00. The molecule has 1 nitrogen and oxygen atoms in total. The van der Waals surface area contributed by atoms with Gasteiger partial charge in [0.1, 0.15) is 0 Å². The van der Waals surface area contributed by atoms with Crippen molar-refractivity contribution < 1.29 is 5.11 Å². The molecule has 0 saturated heterocycles. The first-order chi connectivity index (χ1) is 15.2. The zero-order chi connectivity index (χ0) is 24.1. The number of aryl methyl sites for hydroxylation is 1. The Balaban J connectivity index is 0.000000240. The zero-order valence-electron chi connectivity index (χ0n) is 20.9. The van der Waals surface area contributed by atoms with Crippen LogP contribution in [0.15, 0.2) is 72.8 Å². The van der Waals surface area contributed by atoms with Gasteiger partial charge in [-0.2, -0.15) is 0 Å². The van der Waals surface area contributed by atoms with Crippen LogP contribution in [0.1, 0.15) is 92.7 Å². The van der Waals surface area contributed by atoms with E-state index in [1.54, 1.807) is 0 Å². The van der Waals surface area contributed by atoms with Crippen LogP contribution in [0.2, 0.25) is 0 Å². The van der Waals surface area contributed by atoms with Crippen LogP contribution in [-0.4, -0.2) is 5.11 Å². The lowest BCUT2D eigenvalue weighted by Gasteiger charge is -2.09. The first-order valence-electron chi connectivity index (χ1n) is 11.6. The van der Waals surface area contributed by atoms with Gasteiger partial charge in [-0.05, 0) is 58.1 Å². The van der Waals surface area contributed by atoms with E-state index < -0.39 is 0 Å². The fourth-order valence-electron chi connectivity index (χ4n) is 3.70. The summed E-state index contributed by atoms with van der Waals surface area (Å²) in [4.78, 5) is 0. The van der Waals surface area contributed by atoms with Crippen molar-refractivity contribution in [3.05, 3.63) is 106 Å². The monoisotopic (exact) mass is 496 g/mol. The largest absolute Gasteiger partial charge is 0.392 e. The molecular formula is C30H41BrO. The quantitative estimate of drug-likeness (QED) is 0.349. The van der Waals surface area contributed by atoms with Gasteiger partial charge in [0.25, 0.3) is 0 Å². The topological polar surface area (TPSA) is 20.2 Å². The van der Waals surface area contributed by atoms with Gasteiger partial charge in [0.2, 0.25) is 0 Å². The van der Waals surface area contributed by atoms with E-state index in [0.29, 0.717) is 17.8 Å². The van der Waals surface area contributed by atoms with E-state index in [1.807, 2.05) is 18.2 Å². The third kappa shape index (κ3) is 9.30. The lowest BCUT2D eigenvalue weighted by atomic mass is 9.98.